The van der Waals surface area contributed by atoms with Crippen LogP contribution < -0.4 is 11.0 Å². The van der Waals surface area contributed by atoms with Crippen LogP contribution in [0.15, 0.2) is 23.3 Å². The monoisotopic (exact) mass is 475 g/mol. The molecule has 11 heteroatoms. The molecule has 9 nitrogen and oxygen atoms in total. The highest BCUT2D eigenvalue weighted by atomic mass is 32.2. The van der Waals surface area contributed by atoms with E-state index >= 15 is 0 Å². The second-order valence-electron chi connectivity index (χ2n) is 8.06. The Morgan fingerprint density at radius 1 is 1.39 bits per heavy atom. The molecule has 1 fully saturated rings. The third-order valence-electron chi connectivity index (χ3n) is 5.84. The number of fused-ring (bicyclic) bond motifs is 1. The van der Waals surface area contributed by atoms with Crippen LogP contribution in [-0.4, -0.2) is 51.8 Å². The third-order valence-corrected chi connectivity index (χ3v) is 7.86. The van der Waals surface area contributed by atoms with Crippen LogP contribution in [0.1, 0.15) is 25.3 Å². The molecule has 1 unspecified atom stereocenters. The fourth-order valence-corrected chi connectivity index (χ4v) is 4.07. The summed E-state index contributed by atoms with van der Waals surface area (Å²) < 4.78 is 38.1. The number of aliphatic hydroxyl groups excluding tert-OH is 1. The zero-order valence-corrected chi connectivity index (χ0v) is 18.7. The van der Waals surface area contributed by atoms with Crippen LogP contribution >= 0.6 is 0 Å². The summed E-state index contributed by atoms with van der Waals surface area (Å²) in [6, 6.07) is 2.69. The highest BCUT2D eigenvalue weighted by molar-refractivity contribution is 7.92. The number of nitrogens with zero attached hydrogens (tertiary/aromatic N) is 2. The smallest absolute Gasteiger partial charge is 0.264 e. The Bertz CT molecular complexity index is 1400. The molecule has 174 valence electrons. The predicted molar refractivity (Wildman–Crippen MR) is 117 cm³/mol. The third kappa shape index (κ3) is 4.91. The summed E-state index contributed by atoms with van der Waals surface area (Å²) in [5.41, 5.74) is 0.532. The highest BCUT2D eigenvalue weighted by Crippen LogP contribution is 2.36. The molecule has 1 saturated carbocycles. The van der Waals surface area contributed by atoms with Crippen LogP contribution in [0, 0.1) is 41.3 Å². The van der Waals surface area contributed by atoms with Gasteiger partial charge in [0.05, 0.1) is 17.3 Å². The van der Waals surface area contributed by atoms with E-state index in [2.05, 4.69) is 28.7 Å². The van der Waals surface area contributed by atoms with Crippen molar-refractivity contribution < 1.29 is 27.9 Å². The van der Waals surface area contributed by atoms with Crippen molar-refractivity contribution in [3.8, 4) is 23.7 Å². The van der Waals surface area contributed by atoms with Gasteiger partial charge in [0.25, 0.3) is 11.5 Å². The van der Waals surface area contributed by atoms with E-state index < -0.39 is 31.9 Å². The van der Waals surface area contributed by atoms with Crippen LogP contribution in [0.2, 0.25) is 0 Å². The lowest BCUT2D eigenvalue weighted by atomic mass is 10.1. The van der Waals surface area contributed by atoms with Crippen LogP contribution in [-0.2, 0) is 21.2 Å². The van der Waals surface area contributed by atoms with E-state index in [0.29, 0.717) is 0 Å². The van der Waals surface area contributed by atoms with Crippen molar-refractivity contribution in [1.82, 2.24) is 15.0 Å². The first-order valence-electron chi connectivity index (χ1n) is 9.97. The van der Waals surface area contributed by atoms with Gasteiger partial charge >= 0.3 is 0 Å². The summed E-state index contributed by atoms with van der Waals surface area (Å²) in [7, 11) is -3.94. The van der Waals surface area contributed by atoms with E-state index in [1.807, 2.05) is 0 Å². The van der Waals surface area contributed by atoms with E-state index in [-0.39, 0.29) is 47.9 Å². The van der Waals surface area contributed by atoms with Crippen LogP contribution in [0.25, 0.3) is 10.9 Å². The Labute approximate surface area is 189 Å². The fourth-order valence-electron chi connectivity index (χ4n) is 3.23. The van der Waals surface area contributed by atoms with Crippen LogP contribution in [0.4, 0.5) is 4.39 Å². The van der Waals surface area contributed by atoms with Gasteiger partial charge in [-0.3, -0.25) is 19.4 Å². The summed E-state index contributed by atoms with van der Waals surface area (Å²) in [6.07, 6.45) is 2.40. The fraction of sp³-hybridized carbons (Fsp3) is 0.409. The number of carbonyl (C=O) groups is 1. The minimum Gasteiger partial charge on any atom is -0.396 e. The van der Waals surface area contributed by atoms with Crippen molar-refractivity contribution in [1.29, 1.82) is 0 Å². The number of amides is 1. The Morgan fingerprint density at radius 2 is 2.12 bits per heavy atom. The molecule has 2 aromatic rings. The number of nitrogens with one attached hydrogen (secondary N) is 1. The second kappa shape index (κ2) is 9.32. The molecule has 33 heavy (non-hydrogen) atoms. The molecule has 1 heterocycles. The normalized spacial score (nSPS) is 18.9. The van der Waals surface area contributed by atoms with E-state index in [1.165, 1.54) is 17.6 Å². The topological polar surface area (TPSA) is 139 Å². The number of hydroxylamine groups is 1. The van der Waals surface area contributed by atoms with E-state index in [4.69, 9.17) is 10.3 Å². The molecule has 3 rings (SSSR count). The first kappa shape index (κ1) is 24.4. The number of halogens is 1. The number of aliphatic hydroxyl groups is 1. The number of aryl methyl sites for hydroxylation is 1. The molecule has 0 aliphatic heterocycles. The van der Waals surface area contributed by atoms with Gasteiger partial charge in [0.15, 0.2) is 20.4 Å². The SMILES string of the molecule is CC(CCn1cnc2c(F)c(C#CC#C[C@@H]3C[C@H]3CO)ccc2c1=O)(C(=O)NO)S(C)(=O)=O. The Morgan fingerprint density at radius 3 is 2.73 bits per heavy atom. The van der Waals surface area contributed by atoms with Gasteiger partial charge < -0.3 is 5.11 Å². The quantitative estimate of drug-likeness (QED) is 0.309. The van der Waals surface area contributed by atoms with Gasteiger partial charge in [0.1, 0.15) is 5.52 Å². The molecule has 3 N–H and O–H groups in total. The molecule has 1 aromatic carbocycles. The number of rotatable bonds is 6. The van der Waals surface area contributed by atoms with Gasteiger partial charge in [-0.15, -0.1) is 0 Å². The Balaban J connectivity index is 1.86. The van der Waals surface area contributed by atoms with E-state index in [0.717, 1.165) is 30.5 Å². The number of aromatic nitrogens is 2. The number of hydrogen-bond donors (Lipinski definition) is 3. The molecule has 1 aliphatic carbocycles. The molecule has 0 spiro atoms. The lowest BCUT2D eigenvalue weighted by Crippen LogP contribution is -2.50. The highest BCUT2D eigenvalue weighted by Gasteiger charge is 2.43. The average molecular weight is 475 g/mol. The van der Waals surface area contributed by atoms with E-state index in [9.17, 15) is 22.4 Å². The maximum Gasteiger partial charge on any atom is 0.264 e. The minimum atomic E-state index is -3.94. The maximum atomic E-state index is 14.8. The molecular weight excluding hydrogens is 453 g/mol. The van der Waals surface area contributed by atoms with Crippen molar-refractivity contribution in [2.75, 3.05) is 12.9 Å². The summed E-state index contributed by atoms with van der Waals surface area (Å²) in [5.74, 6) is 9.05. The maximum absolute atomic E-state index is 14.8. The standard InChI is InChI=1S/C22H22FN3O6S/c1-22(21(29)25-30,33(2,31)32)9-10-26-13-24-19-17(20(26)28)8-7-14(18(19)23)5-3-4-6-15-11-16(15)12-27/h7-8,13,15-16,27,30H,9-12H2,1-2H3,(H,25,29)/t15-,16+,22?/m1/s1. The summed E-state index contributed by atoms with van der Waals surface area (Å²) >= 11 is 0. The van der Waals surface area contributed by atoms with Crippen molar-refractivity contribution in [3.05, 3.63) is 40.2 Å². The molecule has 0 bridgehead atoms. The second-order valence-corrected chi connectivity index (χ2v) is 10.5. The van der Waals surface area contributed by atoms with Gasteiger partial charge in [0, 0.05) is 25.3 Å². The van der Waals surface area contributed by atoms with Gasteiger partial charge in [0.2, 0.25) is 0 Å². The molecule has 0 saturated heterocycles. The minimum absolute atomic E-state index is 0.0141. The summed E-state index contributed by atoms with van der Waals surface area (Å²) in [4.78, 5) is 28.7. The van der Waals surface area contributed by atoms with Crippen molar-refractivity contribution >= 4 is 26.6 Å². The van der Waals surface area contributed by atoms with Crippen molar-refractivity contribution in [2.24, 2.45) is 11.8 Å². The Hall–Kier alpha value is -3.25. The molecule has 1 amide bonds. The first-order valence-corrected chi connectivity index (χ1v) is 11.9. The zero-order valence-electron chi connectivity index (χ0n) is 17.9. The molecular formula is C22H22FN3O6S. The number of carbonyl (C=O) groups excluding carboxylic acids is 1. The predicted octanol–water partition coefficient (Wildman–Crippen LogP) is 0.218. The van der Waals surface area contributed by atoms with Crippen LogP contribution in [0.3, 0.4) is 0 Å². The summed E-state index contributed by atoms with van der Waals surface area (Å²) in [6.45, 7) is 0.999. The van der Waals surface area contributed by atoms with Gasteiger partial charge in [-0.25, -0.2) is 23.3 Å². The largest absolute Gasteiger partial charge is 0.396 e. The zero-order chi connectivity index (χ0) is 24.4. The molecule has 1 aromatic heterocycles. The van der Waals surface area contributed by atoms with Gasteiger partial charge in [-0.1, -0.05) is 5.92 Å². The van der Waals surface area contributed by atoms with Crippen LogP contribution in [0.5, 0.6) is 0 Å². The number of sulfone groups is 1. The van der Waals surface area contributed by atoms with E-state index in [1.54, 1.807) is 0 Å². The molecule has 1 aliphatic rings. The number of benzene rings is 1. The van der Waals surface area contributed by atoms with Gasteiger partial charge in [-0.05, 0) is 55.6 Å². The van der Waals surface area contributed by atoms with Crippen molar-refractivity contribution in [2.45, 2.75) is 31.1 Å². The molecule has 3 atom stereocenters. The van der Waals surface area contributed by atoms with Crippen molar-refractivity contribution in [3.63, 3.8) is 0 Å². The Kier molecular flexibility index (Phi) is 6.89. The van der Waals surface area contributed by atoms with Gasteiger partial charge in [-0.2, -0.15) is 0 Å². The first-order chi connectivity index (χ1) is 15.5. The average Bonchev–Trinajstić information content (AvgIpc) is 3.54. The number of hydrogen-bond acceptors (Lipinski definition) is 7. The summed E-state index contributed by atoms with van der Waals surface area (Å²) in [5, 5.41) is 17.9. The lowest BCUT2D eigenvalue weighted by molar-refractivity contribution is -0.131. The lowest BCUT2D eigenvalue weighted by Gasteiger charge is -2.25. The molecule has 0 radical (unpaired) electrons.